The fourth-order valence-corrected chi connectivity index (χ4v) is 4.11. The molecule has 7 heteroatoms. The minimum atomic E-state index is -1.16. The minimum absolute atomic E-state index is 0.256. The Labute approximate surface area is 217 Å². The molecule has 0 unspecified atom stereocenters. The smallest absolute Gasteiger partial charge is 0.272 e. The predicted molar refractivity (Wildman–Crippen MR) is 145 cm³/mol. The molecule has 0 saturated carbocycles. The summed E-state index contributed by atoms with van der Waals surface area (Å²) in [7, 11) is 1.67. The van der Waals surface area contributed by atoms with Gasteiger partial charge in [-0.3, -0.25) is 14.4 Å². The van der Waals surface area contributed by atoms with E-state index < -0.39 is 23.5 Å². The Bertz CT molecular complexity index is 1310. The number of amides is 3. The highest BCUT2D eigenvalue weighted by atomic mass is 16.2. The average Bonchev–Trinajstić information content (AvgIpc) is 2.99. The first-order chi connectivity index (χ1) is 17.6. The molecule has 0 aliphatic carbocycles. The van der Waals surface area contributed by atoms with Crippen molar-refractivity contribution in [3.63, 3.8) is 0 Å². The summed E-state index contributed by atoms with van der Waals surface area (Å²) >= 11 is 0. The van der Waals surface area contributed by atoms with Gasteiger partial charge in [-0.15, -0.1) is 0 Å². The van der Waals surface area contributed by atoms with Gasteiger partial charge in [-0.05, 0) is 11.6 Å². The molecule has 2 atom stereocenters. The van der Waals surface area contributed by atoms with Crippen molar-refractivity contribution < 1.29 is 14.4 Å². The molecule has 1 aliphatic rings. The van der Waals surface area contributed by atoms with Crippen molar-refractivity contribution in [2.45, 2.75) is 39.4 Å². The number of nitrogens with zero attached hydrogens (tertiary/aromatic N) is 2. The molecule has 0 spiro atoms. The van der Waals surface area contributed by atoms with Crippen LogP contribution in [0.1, 0.15) is 37.5 Å². The average molecular weight is 497 g/mol. The second kappa shape index (κ2) is 10.8. The number of para-hydroxylation sites is 1. The van der Waals surface area contributed by atoms with Crippen molar-refractivity contribution in [2.75, 3.05) is 11.9 Å². The predicted octanol–water partition coefficient (Wildman–Crippen LogP) is 3.72. The number of aliphatic imine (C=N–C) groups is 1. The molecule has 0 saturated heterocycles. The molecular weight excluding hydrogens is 464 g/mol. The summed E-state index contributed by atoms with van der Waals surface area (Å²) in [6.07, 6.45) is -0.884. The molecule has 0 bridgehead atoms. The third-order valence-corrected chi connectivity index (χ3v) is 6.26. The van der Waals surface area contributed by atoms with Gasteiger partial charge in [0.1, 0.15) is 6.04 Å². The van der Waals surface area contributed by atoms with E-state index in [1.807, 2.05) is 84.9 Å². The summed E-state index contributed by atoms with van der Waals surface area (Å²) in [6.45, 7) is 5.37. The van der Waals surface area contributed by atoms with Crippen LogP contribution in [-0.2, 0) is 20.8 Å². The number of fused-ring (bicyclic) bond motifs is 1. The zero-order valence-corrected chi connectivity index (χ0v) is 21.6. The molecule has 3 aromatic rings. The second-order valence-electron chi connectivity index (χ2n) is 10.1. The van der Waals surface area contributed by atoms with Crippen molar-refractivity contribution in [3.05, 3.63) is 102 Å². The van der Waals surface area contributed by atoms with Gasteiger partial charge in [0, 0.05) is 30.0 Å². The first kappa shape index (κ1) is 25.8. The lowest BCUT2D eigenvalue weighted by molar-refractivity contribution is -0.134. The van der Waals surface area contributed by atoms with Gasteiger partial charge in [0.2, 0.25) is 18.0 Å². The van der Waals surface area contributed by atoms with Gasteiger partial charge in [0.25, 0.3) is 5.91 Å². The highest BCUT2D eigenvalue weighted by Crippen LogP contribution is 2.27. The SMILES string of the molecule is CN1C(=O)[C@H](NC(=O)[C@@H](Cc2ccccc2)NC(=O)C(C)(C)C)N=C(c2ccccc2)c2ccccc21. The van der Waals surface area contributed by atoms with Gasteiger partial charge < -0.3 is 15.5 Å². The van der Waals surface area contributed by atoms with E-state index in [1.165, 1.54) is 4.90 Å². The zero-order valence-electron chi connectivity index (χ0n) is 21.6. The minimum Gasteiger partial charge on any atom is -0.344 e. The molecule has 0 fully saturated rings. The molecule has 37 heavy (non-hydrogen) atoms. The fourth-order valence-electron chi connectivity index (χ4n) is 4.11. The van der Waals surface area contributed by atoms with Crippen LogP contribution < -0.4 is 15.5 Å². The monoisotopic (exact) mass is 496 g/mol. The van der Waals surface area contributed by atoms with Crippen LogP contribution >= 0.6 is 0 Å². The number of nitrogens with one attached hydrogen (secondary N) is 2. The van der Waals surface area contributed by atoms with Gasteiger partial charge in [-0.25, -0.2) is 4.99 Å². The molecule has 0 aromatic heterocycles. The molecule has 2 N–H and O–H groups in total. The van der Waals surface area contributed by atoms with Crippen LogP contribution in [0, 0.1) is 5.41 Å². The Morgan fingerprint density at radius 3 is 2.16 bits per heavy atom. The maximum absolute atomic E-state index is 13.6. The third-order valence-electron chi connectivity index (χ3n) is 6.26. The lowest BCUT2D eigenvalue weighted by atomic mass is 9.94. The number of hydrogen-bond acceptors (Lipinski definition) is 4. The number of rotatable bonds is 6. The lowest BCUT2D eigenvalue weighted by Crippen LogP contribution is -2.55. The first-order valence-electron chi connectivity index (χ1n) is 12.3. The number of likely N-dealkylation sites (N-methyl/N-ethyl adjacent to an activating group) is 1. The van der Waals surface area contributed by atoms with Crippen LogP contribution in [0.2, 0.25) is 0 Å². The van der Waals surface area contributed by atoms with Gasteiger partial charge in [-0.2, -0.15) is 0 Å². The topological polar surface area (TPSA) is 90.9 Å². The van der Waals surface area contributed by atoms with E-state index in [0.29, 0.717) is 11.4 Å². The fraction of sp³-hybridized carbons (Fsp3) is 0.267. The summed E-state index contributed by atoms with van der Waals surface area (Å²) in [5.41, 5.74) is 3.14. The van der Waals surface area contributed by atoms with Gasteiger partial charge in [0.15, 0.2) is 0 Å². The molecule has 0 radical (unpaired) electrons. The Hall–Kier alpha value is -4.26. The Balaban J connectivity index is 1.69. The molecule has 7 nitrogen and oxygen atoms in total. The summed E-state index contributed by atoms with van der Waals surface area (Å²) in [6, 6.07) is 25.7. The largest absolute Gasteiger partial charge is 0.344 e. The standard InChI is InChI=1S/C30H32N4O3/c1-30(2,3)29(37)31-23(19-20-13-7-5-8-14-20)27(35)33-26-28(36)34(4)24-18-12-11-17-22(24)25(32-26)21-15-9-6-10-16-21/h5-18,23,26H,19H2,1-4H3,(H,31,37)(H,33,35)/t23-,26+/m1/s1. The summed E-state index contributed by atoms with van der Waals surface area (Å²) in [5, 5.41) is 5.69. The number of benzodiazepines with no additional fused rings is 1. The summed E-state index contributed by atoms with van der Waals surface area (Å²) in [5.74, 6) is -1.10. The lowest BCUT2D eigenvalue weighted by Gasteiger charge is -2.26. The van der Waals surface area contributed by atoms with Crippen molar-refractivity contribution in [1.29, 1.82) is 0 Å². The summed E-state index contributed by atoms with van der Waals surface area (Å²) < 4.78 is 0. The molecule has 4 rings (SSSR count). The van der Waals surface area contributed by atoms with Crippen LogP contribution in [0.5, 0.6) is 0 Å². The van der Waals surface area contributed by atoms with Crippen LogP contribution in [0.3, 0.4) is 0 Å². The molecule has 3 amide bonds. The van der Waals surface area contributed by atoms with Crippen molar-refractivity contribution in [1.82, 2.24) is 10.6 Å². The van der Waals surface area contributed by atoms with Crippen molar-refractivity contribution in [3.8, 4) is 0 Å². The van der Waals surface area contributed by atoms with E-state index in [9.17, 15) is 14.4 Å². The van der Waals surface area contributed by atoms with E-state index >= 15 is 0 Å². The Morgan fingerprint density at radius 1 is 0.919 bits per heavy atom. The number of anilines is 1. The van der Waals surface area contributed by atoms with Crippen LogP contribution in [0.15, 0.2) is 89.9 Å². The highest BCUT2D eigenvalue weighted by molar-refractivity contribution is 6.20. The molecule has 3 aromatic carbocycles. The van der Waals surface area contributed by atoms with Crippen LogP contribution in [0.4, 0.5) is 5.69 Å². The van der Waals surface area contributed by atoms with E-state index in [2.05, 4.69) is 10.6 Å². The van der Waals surface area contributed by atoms with E-state index in [4.69, 9.17) is 4.99 Å². The first-order valence-corrected chi connectivity index (χ1v) is 12.3. The van der Waals surface area contributed by atoms with E-state index in [-0.39, 0.29) is 18.2 Å². The van der Waals surface area contributed by atoms with Gasteiger partial charge >= 0.3 is 0 Å². The van der Waals surface area contributed by atoms with Crippen LogP contribution in [0.25, 0.3) is 0 Å². The van der Waals surface area contributed by atoms with Gasteiger partial charge in [-0.1, -0.05) is 99.6 Å². The number of hydrogen-bond donors (Lipinski definition) is 2. The number of carbonyl (C=O) groups is 3. The number of benzene rings is 3. The van der Waals surface area contributed by atoms with E-state index in [0.717, 1.165) is 16.7 Å². The molecule has 1 aliphatic heterocycles. The zero-order chi connectivity index (χ0) is 26.6. The quantitative estimate of drug-likeness (QED) is 0.545. The second-order valence-corrected chi connectivity index (χ2v) is 10.1. The maximum atomic E-state index is 13.6. The Morgan fingerprint density at radius 2 is 1.51 bits per heavy atom. The molecule has 190 valence electrons. The van der Waals surface area contributed by atoms with Crippen molar-refractivity contribution >= 4 is 29.1 Å². The normalized spacial score (nSPS) is 16.2. The molecular formula is C30H32N4O3. The molecule has 1 heterocycles. The maximum Gasteiger partial charge on any atom is 0.272 e. The van der Waals surface area contributed by atoms with E-state index in [1.54, 1.807) is 27.8 Å². The van der Waals surface area contributed by atoms with Crippen molar-refractivity contribution in [2.24, 2.45) is 10.4 Å². The van der Waals surface area contributed by atoms with Gasteiger partial charge in [0.05, 0.1) is 11.4 Å². The third kappa shape index (κ3) is 5.94. The Kier molecular flexibility index (Phi) is 7.53. The highest BCUT2D eigenvalue weighted by Gasteiger charge is 2.34. The van der Waals surface area contributed by atoms with Crippen LogP contribution in [-0.4, -0.2) is 42.7 Å². The number of carbonyl (C=O) groups excluding carboxylic acids is 3. The summed E-state index contributed by atoms with van der Waals surface area (Å²) in [4.78, 5) is 46.2.